The fourth-order valence-electron chi connectivity index (χ4n) is 3.24. The van der Waals surface area contributed by atoms with Gasteiger partial charge in [-0.05, 0) is 38.8 Å². The van der Waals surface area contributed by atoms with Gasteiger partial charge in [0.15, 0.2) is 0 Å². The Bertz CT molecular complexity index is 761. The van der Waals surface area contributed by atoms with Gasteiger partial charge in [-0.2, -0.15) is 0 Å². The van der Waals surface area contributed by atoms with Gasteiger partial charge in [-0.3, -0.25) is 0 Å². The van der Waals surface area contributed by atoms with Crippen LogP contribution < -0.4 is 10.1 Å². The second-order valence-corrected chi connectivity index (χ2v) is 9.91. The molecular weight excluding hydrogens is 550 g/mol. The summed E-state index contributed by atoms with van der Waals surface area (Å²) in [6.45, 7) is 14.1. The zero-order chi connectivity index (χ0) is 30.6. The van der Waals surface area contributed by atoms with Crippen LogP contribution in [0.15, 0.2) is 24.3 Å². The highest BCUT2D eigenvalue weighted by molar-refractivity contribution is 5.67. The summed E-state index contributed by atoms with van der Waals surface area (Å²) in [7, 11) is 1.64. The van der Waals surface area contributed by atoms with Crippen molar-refractivity contribution in [3.05, 3.63) is 29.8 Å². The number of hydrogen-bond acceptors (Lipinski definition) is 11. The van der Waals surface area contributed by atoms with Crippen molar-refractivity contribution in [1.29, 1.82) is 0 Å². The summed E-state index contributed by atoms with van der Waals surface area (Å²) in [6, 6.07) is 7.75. The Kier molecular flexibility index (Phi) is 24.1. The van der Waals surface area contributed by atoms with Crippen LogP contribution in [0, 0.1) is 0 Å². The largest absolute Gasteiger partial charge is 0.491 e. The monoisotopic (exact) mass is 603 g/mol. The lowest BCUT2D eigenvalue weighted by atomic mass is 10.1. The van der Waals surface area contributed by atoms with Crippen molar-refractivity contribution in [1.82, 2.24) is 5.32 Å². The topological polar surface area (TPSA) is 121 Å². The van der Waals surface area contributed by atoms with Crippen LogP contribution in [0.5, 0.6) is 5.75 Å². The van der Waals surface area contributed by atoms with E-state index in [4.69, 9.17) is 47.4 Å². The standard InChI is InChI=1S/C30H53NO11/c1-30(2,3)42-29(32)31-10-9-27-7-5-6-8-28(27)41-26-25-40-24-23-39-22-21-38-20-19-37-18-17-36-16-15-35-14-13-34-12-11-33-4/h5-8H,9-26H2,1-4H3,(H,31,32). The van der Waals surface area contributed by atoms with Crippen LogP contribution in [0.2, 0.25) is 0 Å². The number of ether oxygens (including phenoxy) is 10. The molecule has 244 valence electrons. The van der Waals surface area contributed by atoms with E-state index in [2.05, 4.69) is 5.32 Å². The summed E-state index contributed by atoms with van der Waals surface area (Å²) in [4.78, 5) is 11.8. The minimum Gasteiger partial charge on any atom is -0.491 e. The molecule has 1 aromatic rings. The van der Waals surface area contributed by atoms with E-state index in [1.165, 1.54) is 0 Å². The predicted octanol–water partition coefficient (Wildman–Crippen LogP) is 2.90. The lowest BCUT2D eigenvalue weighted by molar-refractivity contribution is -0.0227. The normalized spacial score (nSPS) is 11.5. The molecule has 0 aromatic heterocycles. The second kappa shape index (κ2) is 26.6. The van der Waals surface area contributed by atoms with E-state index in [0.717, 1.165) is 11.3 Å². The molecule has 0 saturated carbocycles. The van der Waals surface area contributed by atoms with E-state index in [1.807, 2.05) is 45.0 Å². The number of hydrogen-bond donors (Lipinski definition) is 1. The molecule has 0 aliphatic rings. The zero-order valence-corrected chi connectivity index (χ0v) is 26.0. The molecule has 0 saturated heterocycles. The van der Waals surface area contributed by atoms with Crippen molar-refractivity contribution in [2.24, 2.45) is 0 Å². The molecule has 1 amide bonds. The molecule has 0 aliphatic carbocycles. The van der Waals surface area contributed by atoms with Crippen LogP contribution >= 0.6 is 0 Å². The van der Waals surface area contributed by atoms with E-state index < -0.39 is 11.7 Å². The molecule has 0 unspecified atom stereocenters. The van der Waals surface area contributed by atoms with E-state index in [0.29, 0.717) is 119 Å². The molecule has 0 radical (unpaired) electrons. The van der Waals surface area contributed by atoms with Gasteiger partial charge in [-0.25, -0.2) is 4.79 Å². The molecular formula is C30H53NO11. The third-order valence-electron chi connectivity index (χ3n) is 5.18. The number of nitrogens with one attached hydrogen (secondary N) is 1. The van der Waals surface area contributed by atoms with Gasteiger partial charge in [0.1, 0.15) is 18.0 Å². The highest BCUT2D eigenvalue weighted by atomic mass is 16.6. The van der Waals surface area contributed by atoms with Gasteiger partial charge in [0.25, 0.3) is 0 Å². The number of carbonyl (C=O) groups is 1. The quantitative estimate of drug-likeness (QED) is 0.142. The fraction of sp³-hybridized carbons (Fsp3) is 0.767. The number of para-hydroxylation sites is 1. The van der Waals surface area contributed by atoms with Gasteiger partial charge in [-0.1, -0.05) is 18.2 Å². The summed E-state index contributed by atoms with van der Waals surface area (Å²) in [5.74, 6) is 0.776. The van der Waals surface area contributed by atoms with Crippen molar-refractivity contribution in [3.8, 4) is 5.75 Å². The third-order valence-corrected chi connectivity index (χ3v) is 5.18. The fourth-order valence-corrected chi connectivity index (χ4v) is 3.24. The van der Waals surface area contributed by atoms with Crippen LogP contribution in [0.1, 0.15) is 26.3 Å². The number of carbonyl (C=O) groups excluding carboxylic acids is 1. The van der Waals surface area contributed by atoms with Crippen molar-refractivity contribution < 1.29 is 52.2 Å². The Morgan fingerprint density at radius 3 is 1.45 bits per heavy atom. The van der Waals surface area contributed by atoms with E-state index >= 15 is 0 Å². The Hall–Kier alpha value is -2.03. The lowest BCUT2D eigenvalue weighted by Gasteiger charge is -2.19. The Balaban J connectivity index is 1.86. The summed E-state index contributed by atoms with van der Waals surface area (Å²) < 4.78 is 54.2. The molecule has 0 fully saturated rings. The first-order valence-corrected chi connectivity index (χ1v) is 14.6. The second-order valence-electron chi connectivity index (χ2n) is 9.91. The molecule has 0 bridgehead atoms. The Morgan fingerprint density at radius 1 is 0.619 bits per heavy atom. The number of alkyl carbamates (subject to hydrolysis) is 1. The van der Waals surface area contributed by atoms with Crippen LogP contribution in [0.3, 0.4) is 0 Å². The van der Waals surface area contributed by atoms with Gasteiger partial charge in [0, 0.05) is 13.7 Å². The molecule has 1 rings (SSSR count). The Morgan fingerprint density at radius 2 is 1.02 bits per heavy atom. The summed E-state index contributed by atoms with van der Waals surface area (Å²) in [5.41, 5.74) is 0.488. The number of methoxy groups -OCH3 is 1. The summed E-state index contributed by atoms with van der Waals surface area (Å²) in [5, 5.41) is 2.77. The van der Waals surface area contributed by atoms with Crippen molar-refractivity contribution in [3.63, 3.8) is 0 Å². The van der Waals surface area contributed by atoms with Gasteiger partial charge < -0.3 is 52.7 Å². The molecule has 1 aromatic carbocycles. The highest BCUT2D eigenvalue weighted by Gasteiger charge is 2.15. The van der Waals surface area contributed by atoms with Gasteiger partial charge in [0.2, 0.25) is 0 Å². The predicted molar refractivity (Wildman–Crippen MR) is 157 cm³/mol. The maximum absolute atomic E-state index is 11.8. The van der Waals surface area contributed by atoms with Crippen LogP contribution in [0.25, 0.3) is 0 Å². The lowest BCUT2D eigenvalue weighted by Crippen LogP contribution is -2.33. The first kappa shape index (κ1) is 38.0. The van der Waals surface area contributed by atoms with Gasteiger partial charge >= 0.3 is 6.09 Å². The SMILES string of the molecule is COCCOCCOCCOCCOCCOCCOCCOCCOc1ccccc1CCNC(=O)OC(C)(C)C. The van der Waals surface area contributed by atoms with E-state index in [9.17, 15) is 4.79 Å². The van der Waals surface area contributed by atoms with Crippen molar-refractivity contribution in [2.75, 3.05) is 119 Å². The van der Waals surface area contributed by atoms with Crippen LogP contribution in [-0.2, 0) is 49.1 Å². The first-order chi connectivity index (χ1) is 20.4. The van der Waals surface area contributed by atoms with Crippen molar-refractivity contribution in [2.45, 2.75) is 32.8 Å². The molecule has 12 heteroatoms. The molecule has 1 N–H and O–H groups in total. The minimum atomic E-state index is -0.520. The van der Waals surface area contributed by atoms with Gasteiger partial charge in [0.05, 0.1) is 99.1 Å². The number of rotatable bonds is 28. The summed E-state index contributed by atoms with van der Waals surface area (Å²) >= 11 is 0. The Labute approximate surface area is 251 Å². The average Bonchev–Trinajstić information content (AvgIpc) is 2.95. The molecule has 0 atom stereocenters. The van der Waals surface area contributed by atoms with Crippen LogP contribution in [0.4, 0.5) is 4.79 Å². The summed E-state index contributed by atoms with van der Waals surface area (Å²) in [6.07, 6.45) is 0.208. The average molecular weight is 604 g/mol. The maximum atomic E-state index is 11.8. The molecule has 12 nitrogen and oxygen atoms in total. The smallest absolute Gasteiger partial charge is 0.407 e. The molecule has 0 heterocycles. The number of amides is 1. The highest BCUT2D eigenvalue weighted by Crippen LogP contribution is 2.18. The van der Waals surface area contributed by atoms with E-state index in [1.54, 1.807) is 7.11 Å². The minimum absolute atomic E-state index is 0.420. The molecule has 0 spiro atoms. The van der Waals surface area contributed by atoms with E-state index in [-0.39, 0.29) is 0 Å². The third kappa shape index (κ3) is 24.6. The van der Waals surface area contributed by atoms with Gasteiger partial charge in [-0.15, -0.1) is 0 Å². The molecule has 0 aliphatic heterocycles. The number of benzene rings is 1. The van der Waals surface area contributed by atoms with Crippen molar-refractivity contribution >= 4 is 6.09 Å². The zero-order valence-electron chi connectivity index (χ0n) is 26.0. The first-order valence-electron chi connectivity index (χ1n) is 14.6. The van der Waals surface area contributed by atoms with Crippen LogP contribution in [-0.4, -0.2) is 131 Å². The maximum Gasteiger partial charge on any atom is 0.407 e. The molecule has 42 heavy (non-hydrogen) atoms.